The fourth-order valence-electron chi connectivity index (χ4n) is 2.72. The van der Waals surface area contributed by atoms with Crippen molar-refractivity contribution >= 4 is 23.2 Å². The van der Waals surface area contributed by atoms with Crippen molar-refractivity contribution in [2.24, 2.45) is 0 Å². The molecule has 0 aliphatic carbocycles. The lowest BCUT2D eigenvalue weighted by molar-refractivity contribution is -0.118. The summed E-state index contributed by atoms with van der Waals surface area (Å²) < 4.78 is 5.50. The van der Waals surface area contributed by atoms with Crippen LogP contribution in [-0.2, 0) is 4.79 Å². The summed E-state index contributed by atoms with van der Waals surface area (Å²) in [5, 5.41) is 5.61. The first kappa shape index (κ1) is 19.2. The van der Waals surface area contributed by atoms with Gasteiger partial charge < -0.3 is 15.4 Å². The van der Waals surface area contributed by atoms with E-state index in [2.05, 4.69) is 10.6 Å². The maximum atomic E-state index is 12.5. The number of ether oxygens (including phenoxy) is 1. The fourth-order valence-corrected chi connectivity index (χ4v) is 2.72. The molecule has 0 atom stereocenters. The Hall–Kier alpha value is -3.60. The third-order valence-electron chi connectivity index (χ3n) is 4.04. The van der Waals surface area contributed by atoms with Gasteiger partial charge in [-0.2, -0.15) is 0 Å². The van der Waals surface area contributed by atoms with Crippen LogP contribution in [0.5, 0.6) is 5.75 Å². The molecule has 0 radical (unpaired) electrons. The van der Waals surface area contributed by atoms with Crippen molar-refractivity contribution in [1.82, 2.24) is 0 Å². The lowest BCUT2D eigenvalue weighted by Gasteiger charge is -2.10. The van der Waals surface area contributed by atoms with Gasteiger partial charge >= 0.3 is 0 Å². The van der Waals surface area contributed by atoms with Crippen molar-refractivity contribution < 1.29 is 14.3 Å². The number of amides is 2. The van der Waals surface area contributed by atoms with Crippen LogP contribution in [0, 0.1) is 13.8 Å². The minimum Gasteiger partial charge on any atom is -0.484 e. The van der Waals surface area contributed by atoms with E-state index in [1.165, 1.54) is 0 Å². The summed E-state index contributed by atoms with van der Waals surface area (Å²) in [6, 6.07) is 21.9. The lowest BCUT2D eigenvalue weighted by atomic mass is 10.1. The van der Waals surface area contributed by atoms with Crippen molar-refractivity contribution in [3.63, 3.8) is 0 Å². The first-order valence-electron chi connectivity index (χ1n) is 8.97. The first-order valence-corrected chi connectivity index (χ1v) is 8.97. The van der Waals surface area contributed by atoms with Gasteiger partial charge in [0.1, 0.15) is 5.75 Å². The summed E-state index contributed by atoms with van der Waals surface area (Å²) in [6.45, 7) is 3.81. The molecular formula is C23H22N2O3. The molecule has 142 valence electrons. The van der Waals surface area contributed by atoms with Crippen LogP contribution in [0.15, 0.2) is 72.8 Å². The van der Waals surface area contributed by atoms with E-state index in [1.807, 2.05) is 56.3 Å². The van der Waals surface area contributed by atoms with E-state index in [9.17, 15) is 9.59 Å². The van der Waals surface area contributed by atoms with Crippen molar-refractivity contribution in [1.29, 1.82) is 0 Å². The second kappa shape index (κ2) is 8.86. The van der Waals surface area contributed by atoms with Crippen LogP contribution in [0.25, 0.3) is 0 Å². The van der Waals surface area contributed by atoms with Gasteiger partial charge in [-0.3, -0.25) is 9.59 Å². The molecule has 0 aliphatic rings. The number of anilines is 2. The van der Waals surface area contributed by atoms with Crippen molar-refractivity contribution in [3.8, 4) is 5.75 Å². The average molecular weight is 374 g/mol. The standard InChI is InChI=1S/C23H22N2O3/c1-16-6-3-9-19(12-16)25-23(27)18-8-5-10-20(14-18)24-22(26)15-28-21-11-4-7-17(2)13-21/h3-14H,15H2,1-2H3,(H,24,26)(H,25,27). The van der Waals surface area contributed by atoms with E-state index in [4.69, 9.17) is 4.74 Å². The number of carbonyl (C=O) groups is 2. The number of aryl methyl sites for hydroxylation is 2. The highest BCUT2D eigenvalue weighted by Gasteiger charge is 2.09. The topological polar surface area (TPSA) is 67.4 Å². The Morgan fingerprint density at radius 1 is 0.786 bits per heavy atom. The highest BCUT2D eigenvalue weighted by Crippen LogP contribution is 2.15. The Balaban J connectivity index is 1.59. The van der Waals surface area contributed by atoms with Gasteiger partial charge in [-0.1, -0.05) is 30.3 Å². The van der Waals surface area contributed by atoms with Gasteiger partial charge in [-0.15, -0.1) is 0 Å². The zero-order valence-corrected chi connectivity index (χ0v) is 15.9. The summed E-state index contributed by atoms with van der Waals surface area (Å²) in [5.41, 5.74) is 3.84. The minimum atomic E-state index is -0.294. The molecular weight excluding hydrogens is 352 g/mol. The molecule has 0 aromatic heterocycles. The Labute approximate surface area is 164 Å². The van der Waals surface area contributed by atoms with E-state index < -0.39 is 0 Å². The maximum absolute atomic E-state index is 12.5. The number of nitrogens with one attached hydrogen (secondary N) is 2. The van der Waals surface area contributed by atoms with E-state index >= 15 is 0 Å². The number of hydrogen-bond acceptors (Lipinski definition) is 3. The summed E-state index contributed by atoms with van der Waals surface area (Å²) in [6.07, 6.45) is 0. The molecule has 3 rings (SSSR count). The van der Waals surface area contributed by atoms with Gasteiger partial charge in [0, 0.05) is 16.9 Å². The van der Waals surface area contributed by atoms with Gasteiger partial charge in [0.2, 0.25) is 0 Å². The van der Waals surface area contributed by atoms with Crippen LogP contribution >= 0.6 is 0 Å². The molecule has 3 aromatic carbocycles. The summed E-state index contributed by atoms with van der Waals surface area (Å²) >= 11 is 0. The van der Waals surface area contributed by atoms with E-state index in [-0.39, 0.29) is 18.4 Å². The Morgan fingerprint density at radius 3 is 2.14 bits per heavy atom. The molecule has 0 spiro atoms. The van der Waals surface area contributed by atoms with E-state index in [0.29, 0.717) is 17.0 Å². The molecule has 0 aliphatic heterocycles. The number of carbonyl (C=O) groups excluding carboxylic acids is 2. The average Bonchev–Trinajstić information content (AvgIpc) is 2.67. The summed E-state index contributed by atoms with van der Waals surface area (Å²) in [7, 11) is 0. The van der Waals surface area contributed by atoms with Crippen molar-refractivity contribution in [3.05, 3.63) is 89.5 Å². The van der Waals surface area contributed by atoms with Crippen LogP contribution < -0.4 is 15.4 Å². The zero-order valence-electron chi connectivity index (χ0n) is 15.9. The zero-order chi connectivity index (χ0) is 19.9. The molecule has 0 saturated heterocycles. The second-order valence-corrected chi connectivity index (χ2v) is 6.56. The largest absolute Gasteiger partial charge is 0.484 e. The SMILES string of the molecule is Cc1cccc(NC(=O)c2cccc(NC(=O)COc3cccc(C)c3)c2)c1. The number of benzene rings is 3. The van der Waals surface area contributed by atoms with Gasteiger partial charge in [-0.25, -0.2) is 0 Å². The van der Waals surface area contributed by atoms with E-state index in [1.54, 1.807) is 30.3 Å². The predicted octanol–water partition coefficient (Wildman–Crippen LogP) is 4.57. The molecule has 0 fully saturated rings. The third-order valence-corrected chi connectivity index (χ3v) is 4.04. The highest BCUT2D eigenvalue weighted by molar-refractivity contribution is 6.05. The van der Waals surface area contributed by atoms with Crippen LogP contribution in [0.4, 0.5) is 11.4 Å². The number of rotatable bonds is 6. The summed E-state index contributed by atoms with van der Waals surface area (Å²) in [4.78, 5) is 24.6. The van der Waals surface area contributed by atoms with Gasteiger partial charge in [0.25, 0.3) is 11.8 Å². The molecule has 0 bridgehead atoms. The normalized spacial score (nSPS) is 10.2. The summed E-state index contributed by atoms with van der Waals surface area (Å²) in [5.74, 6) is 0.108. The minimum absolute atomic E-state index is 0.108. The quantitative estimate of drug-likeness (QED) is 0.664. The van der Waals surface area contributed by atoms with Crippen LogP contribution in [0.3, 0.4) is 0 Å². The number of hydrogen-bond donors (Lipinski definition) is 2. The highest BCUT2D eigenvalue weighted by atomic mass is 16.5. The van der Waals surface area contributed by atoms with Gasteiger partial charge in [-0.05, 0) is 67.4 Å². The Bertz CT molecular complexity index is 998. The van der Waals surface area contributed by atoms with Gasteiger partial charge in [0.15, 0.2) is 6.61 Å². The third kappa shape index (κ3) is 5.45. The van der Waals surface area contributed by atoms with E-state index in [0.717, 1.165) is 16.8 Å². The fraction of sp³-hybridized carbons (Fsp3) is 0.130. The molecule has 3 aromatic rings. The maximum Gasteiger partial charge on any atom is 0.262 e. The molecule has 0 saturated carbocycles. The molecule has 0 unspecified atom stereocenters. The first-order chi connectivity index (χ1) is 13.5. The Kier molecular flexibility index (Phi) is 6.07. The lowest BCUT2D eigenvalue weighted by Crippen LogP contribution is -2.20. The monoisotopic (exact) mass is 374 g/mol. The van der Waals surface area contributed by atoms with Crippen LogP contribution in [0.1, 0.15) is 21.5 Å². The van der Waals surface area contributed by atoms with Crippen molar-refractivity contribution in [2.75, 3.05) is 17.2 Å². The molecule has 28 heavy (non-hydrogen) atoms. The van der Waals surface area contributed by atoms with Gasteiger partial charge in [0.05, 0.1) is 0 Å². The molecule has 5 heteroatoms. The molecule has 5 nitrogen and oxygen atoms in total. The smallest absolute Gasteiger partial charge is 0.262 e. The van der Waals surface area contributed by atoms with Crippen LogP contribution in [-0.4, -0.2) is 18.4 Å². The molecule has 2 amide bonds. The van der Waals surface area contributed by atoms with Crippen LogP contribution in [0.2, 0.25) is 0 Å². The predicted molar refractivity (Wildman–Crippen MR) is 111 cm³/mol. The molecule has 0 heterocycles. The molecule has 2 N–H and O–H groups in total. The van der Waals surface area contributed by atoms with Crippen molar-refractivity contribution in [2.45, 2.75) is 13.8 Å². The Morgan fingerprint density at radius 2 is 1.43 bits per heavy atom. The second-order valence-electron chi connectivity index (χ2n) is 6.56.